The lowest BCUT2D eigenvalue weighted by Gasteiger charge is -2.26. The minimum atomic E-state index is 0.331. The highest BCUT2D eigenvalue weighted by atomic mass is 79.9. The van der Waals surface area contributed by atoms with Gasteiger partial charge in [-0.1, -0.05) is 33.6 Å². The van der Waals surface area contributed by atoms with Crippen LogP contribution in [0.1, 0.15) is 45.3 Å². The van der Waals surface area contributed by atoms with Gasteiger partial charge >= 0.3 is 0 Å². The topological polar surface area (TPSA) is 24.9 Å². The molecule has 1 heterocycles. The average Bonchev–Trinajstić information content (AvgIpc) is 2.30. The van der Waals surface area contributed by atoms with Gasteiger partial charge in [-0.15, -0.1) is 0 Å². The van der Waals surface area contributed by atoms with Crippen molar-refractivity contribution in [3.8, 4) is 0 Å². The van der Waals surface area contributed by atoms with E-state index in [1.54, 1.807) is 0 Å². The van der Waals surface area contributed by atoms with Gasteiger partial charge in [0.15, 0.2) is 0 Å². The summed E-state index contributed by atoms with van der Waals surface area (Å²) in [7, 11) is 0. The van der Waals surface area contributed by atoms with E-state index in [2.05, 4.69) is 69.0 Å². The van der Waals surface area contributed by atoms with Crippen molar-refractivity contribution in [3.05, 3.63) is 26.9 Å². The normalized spacial score (nSPS) is 13.1. The third-order valence-corrected chi connectivity index (χ3v) is 4.14. The number of nitrogens with one attached hydrogen (secondary N) is 1. The van der Waals surface area contributed by atoms with E-state index in [4.69, 9.17) is 0 Å². The van der Waals surface area contributed by atoms with E-state index in [1.807, 2.05) is 6.20 Å². The molecule has 0 saturated heterocycles. The van der Waals surface area contributed by atoms with Crippen LogP contribution in [0.3, 0.4) is 0 Å². The third-order valence-electron chi connectivity index (χ3n) is 3.08. The number of halogens is 2. The fourth-order valence-electron chi connectivity index (χ4n) is 2.12. The molecule has 0 amide bonds. The lowest BCUT2D eigenvalue weighted by Crippen LogP contribution is -2.29. The zero-order valence-corrected chi connectivity index (χ0v) is 13.8. The van der Waals surface area contributed by atoms with Crippen LogP contribution in [0, 0.1) is 5.92 Å². The molecule has 4 heteroatoms. The number of hydrogen-bond acceptors (Lipinski definition) is 2. The molecule has 0 fully saturated rings. The minimum Gasteiger partial charge on any atom is -0.309 e. The van der Waals surface area contributed by atoms with Gasteiger partial charge in [-0.05, 0) is 50.4 Å². The van der Waals surface area contributed by atoms with Crippen LogP contribution in [0.4, 0.5) is 0 Å². The lowest BCUT2D eigenvalue weighted by molar-refractivity contribution is 0.339. The van der Waals surface area contributed by atoms with Gasteiger partial charge in [-0.2, -0.15) is 0 Å². The summed E-state index contributed by atoms with van der Waals surface area (Å²) in [5.74, 6) is 0.625. The van der Waals surface area contributed by atoms with Gasteiger partial charge in [0.05, 0.1) is 11.7 Å². The molecule has 1 unspecified atom stereocenters. The van der Waals surface area contributed by atoms with Crippen LogP contribution in [-0.2, 0) is 0 Å². The van der Waals surface area contributed by atoms with E-state index in [0.717, 1.165) is 21.2 Å². The van der Waals surface area contributed by atoms with Crippen molar-refractivity contribution in [3.63, 3.8) is 0 Å². The second-order valence-electron chi connectivity index (χ2n) is 4.13. The summed E-state index contributed by atoms with van der Waals surface area (Å²) in [4.78, 5) is 4.56. The summed E-state index contributed by atoms with van der Waals surface area (Å²) >= 11 is 7.05. The molecule has 96 valence electrons. The van der Waals surface area contributed by atoms with Gasteiger partial charge in [0, 0.05) is 15.1 Å². The Labute approximate surface area is 121 Å². The monoisotopic (exact) mass is 362 g/mol. The molecule has 0 bridgehead atoms. The van der Waals surface area contributed by atoms with E-state index in [0.29, 0.717) is 12.0 Å². The number of hydrogen-bond donors (Lipinski definition) is 1. The standard InChI is InChI=1S/C13H20Br2N2/c1-4-9(5-2)12(16-6-3)13-11(15)7-10(14)8-17-13/h7-9,12,16H,4-6H2,1-3H3. The fraction of sp³-hybridized carbons (Fsp3) is 0.615. The van der Waals surface area contributed by atoms with Crippen LogP contribution in [0.15, 0.2) is 21.2 Å². The van der Waals surface area contributed by atoms with Crippen molar-refractivity contribution in [1.82, 2.24) is 10.3 Å². The van der Waals surface area contributed by atoms with E-state index >= 15 is 0 Å². The Balaban J connectivity index is 3.03. The van der Waals surface area contributed by atoms with Gasteiger partial charge in [-0.3, -0.25) is 4.98 Å². The second-order valence-corrected chi connectivity index (χ2v) is 5.90. The fourth-order valence-corrected chi connectivity index (χ4v) is 3.35. The van der Waals surface area contributed by atoms with Crippen LogP contribution >= 0.6 is 31.9 Å². The van der Waals surface area contributed by atoms with E-state index in [1.165, 1.54) is 12.8 Å². The molecule has 0 aliphatic rings. The van der Waals surface area contributed by atoms with Crippen LogP contribution in [0.5, 0.6) is 0 Å². The maximum absolute atomic E-state index is 4.56. The van der Waals surface area contributed by atoms with Gasteiger partial charge in [-0.25, -0.2) is 0 Å². The Morgan fingerprint density at radius 1 is 1.24 bits per heavy atom. The number of nitrogens with zero attached hydrogens (tertiary/aromatic N) is 1. The first-order valence-corrected chi connectivity index (χ1v) is 7.76. The Bertz CT molecular complexity index is 351. The SMILES string of the molecule is CCNC(c1ncc(Br)cc1Br)C(CC)CC. The van der Waals surface area contributed by atoms with Crippen molar-refractivity contribution in [2.75, 3.05) is 6.54 Å². The van der Waals surface area contributed by atoms with E-state index in [9.17, 15) is 0 Å². The second kappa shape index (κ2) is 7.49. The number of aromatic nitrogens is 1. The average molecular weight is 364 g/mol. The highest BCUT2D eigenvalue weighted by molar-refractivity contribution is 9.11. The molecule has 0 aromatic carbocycles. The van der Waals surface area contributed by atoms with Crippen molar-refractivity contribution < 1.29 is 0 Å². The molecule has 0 aliphatic heterocycles. The highest BCUT2D eigenvalue weighted by Gasteiger charge is 2.22. The zero-order chi connectivity index (χ0) is 12.8. The molecule has 0 radical (unpaired) electrons. The predicted octanol–water partition coefficient (Wildman–Crippen LogP) is 4.69. The first kappa shape index (κ1) is 15.1. The molecule has 1 N–H and O–H groups in total. The number of rotatable bonds is 6. The Kier molecular flexibility index (Phi) is 6.67. The zero-order valence-electron chi connectivity index (χ0n) is 10.6. The summed E-state index contributed by atoms with van der Waals surface area (Å²) in [5, 5.41) is 3.55. The molecule has 0 saturated carbocycles. The molecule has 0 aliphatic carbocycles. The summed E-state index contributed by atoms with van der Waals surface area (Å²) in [5.41, 5.74) is 1.11. The van der Waals surface area contributed by atoms with Crippen molar-refractivity contribution in [1.29, 1.82) is 0 Å². The summed E-state index contributed by atoms with van der Waals surface area (Å²) in [6.07, 6.45) is 4.20. The Morgan fingerprint density at radius 3 is 2.35 bits per heavy atom. The van der Waals surface area contributed by atoms with Crippen LogP contribution in [0.2, 0.25) is 0 Å². The molecule has 0 spiro atoms. The van der Waals surface area contributed by atoms with Gasteiger partial charge in [0.2, 0.25) is 0 Å². The smallest absolute Gasteiger partial charge is 0.0718 e. The lowest BCUT2D eigenvalue weighted by atomic mass is 9.91. The molecule has 1 rings (SSSR count). The summed E-state index contributed by atoms with van der Waals surface area (Å²) < 4.78 is 2.08. The van der Waals surface area contributed by atoms with Gasteiger partial charge in [0.1, 0.15) is 0 Å². The molecule has 1 atom stereocenters. The maximum Gasteiger partial charge on any atom is 0.0718 e. The summed E-state index contributed by atoms with van der Waals surface area (Å²) in [6.45, 7) is 7.59. The predicted molar refractivity (Wildman–Crippen MR) is 80.1 cm³/mol. The molecule has 17 heavy (non-hydrogen) atoms. The quantitative estimate of drug-likeness (QED) is 0.792. The van der Waals surface area contributed by atoms with Crippen molar-refractivity contribution >= 4 is 31.9 Å². The number of pyridine rings is 1. The highest BCUT2D eigenvalue weighted by Crippen LogP contribution is 2.31. The first-order valence-electron chi connectivity index (χ1n) is 6.18. The van der Waals surface area contributed by atoms with E-state index in [-0.39, 0.29) is 0 Å². The molecular formula is C13H20Br2N2. The van der Waals surface area contributed by atoms with Crippen LogP contribution < -0.4 is 5.32 Å². The minimum absolute atomic E-state index is 0.331. The Morgan fingerprint density at radius 2 is 1.88 bits per heavy atom. The van der Waals surface area contributed by atoms with Crippen molar-refractivity contribution in [2.24, 2.45) is 5.92 Å². The molecule has 1 aromatic rings. The largest absolute Gasteiger partial charge is 0.309 e. The van der Waals surface area contributed by atoms with Crippen LogP contribution in [0.25, 0.3) is 0 Å². The summed E-state index contributed by atoms with van der Waals surface area (Å²) in [6, 6.07) is 2.40. The molecule has 1 aromatic heterocycles. The molecular weight excluding hydrogens is 344 g/mol. The van der Waals surface area contributed by atoms with Crippen molar-refractivity contribution in [2.45, 2.75) is 39.7 Å². The first-order chi connectivity index (χ1) is 8.13. The Hall–Kier alpha value is 0.0700. The van der Waals surface area contributed by atoms with E-state index < -0.39 is 0 Å². The molecule has 2 nitrogen and oxygen atoms in total. The van der Waals surface area contributed by atoms with Gasteiger partial charge in [0.25, 0.3) is 0 Å². The van der Waals surface area contributed by atoms with Gasteiger partial charge < -0.3 is 5.32 Å². The third kappa shape index (κ3) is 4.04. The van der Waals surface area contributed by atoms with Crippen LogP contribution in [-0.4, -0.2) is 11.5 Å². The maximum atomic E-state index is 4.56.